The smallest absolute Gasteiger partial charge is 0.194 e. The van der Waals surface area contributed by atoms with E-state index in [0.29, 0.717) is 12.8 Å². The van der Waals surface area contributed by atoms with E-state index in [1.807, 2.05) is 32.9 Å². The Bertz CT molecular complexity index is 672. The van der Waals surface area contributed by atoms with E-state index in [1.165, 1.54) is 0 Å². The Balaban J connectivity index is 2.61. The highest BCUT2D eigenvalue weighted by Crippen LogP contribution is 2.52. The van der Waals surface area contributed by atoms with Crippen molar-refractivity contribution in [3.8, 4) is 12.3 Å². The Hall–Kier alpha value is -0.943. The second-order valence-electron chi connectivity index (χ2n) is 9.08. The third-order valence-corrected chi connectivity index (χ3v) is 11.7. The minimum absolute atomic E-state index is 0.408. The van der Waals surface area contributed by atoms with Crippen molar-refractivity contribution in [1.29, 1.82) is 0 Å². The molecule has 0 aliphatic carbocycles. The lowest BCUT2D eigenvalue weighted by Gasteiger charge is -2.48. The highest BCUT2D eigenvalue weighted by Gasteiger charge is 2.69. The molecular weight excluding hydrogens is 408 g/mol. The third kappa shape index (κ3) is 4.87. The second kappa shape index (κ2) is 10.3. The van der Waals surface area contributed by atoms with Crippen LogP contribution in [0.5, 0.6) is 0 Å². The van der Waals surface area contributed by atoms with Crippen LogP contribution in [0.2, 0.25) is 18.1 Å². The van der Waals surface area contributed by atoms with Gasteiger partial charge in [0, 0.05) is 7.11 Å². The number of rotatable bonds is 12. The fourth-order valence-corrected chi connectivity index (χ4v) is 7.95. The van der Waals surface area contributed by atoms with Gasteiger partial charge in [0.1, 0.15) is 23.4 Å². The second-order valence-corrected chi connectivity index (χ2v) is 13.8. The molecule has 0 bridgehead atoms. The molecule has 0 saturated carbocycles. The van der Waals surface area contributed by atoms with Crippen molar-refractivity contribution >= 4 is 8.32 Å². The van der Waals surface area contributed by atoms with Crippen LogP contribution in [0.15, 0.2) is 24.8 Å². The minimum Gasteiger partial charge on any atom is -0.399 e. The number of allylic oxidation sites excluding steroid dienone is 2. The van der Waals surface area contributed by atoms with Gasteiger partial charge in [-0.2, -0.15) is 0 Å². The number of methoxy groups -OCH3 is 1. The van der Waals surface area contributed by atoms with E-state index < -0.39 is 43.8 Å². The van der Waals surface area contributed by atoms with E-state index in [-0.39, 0.29) is 0 Å². The average molecular weight is 451 g/mol. The van der Waals surface area contributed by atoms with Crippen molar-refractivity contribution in [2.75, 3.05) is 7.11 Å². The van der Waals surface area contributed by atoms with Gasteiger partial charge in [-0.25, -0.2) is 0 Å². The quantitative estimate of drug-likeness (QED) is 0.221. The zero-order valence-corrected chi connectivity index (χ0v) is 21.5. The summed E-state index contributed by atoms with van der Waals surface area (Å²) < 4.78 is 32.3. The Morgan fingerprint density at radius 1 is 1.19 bits per heavy atom. The van der Waals surface area contributed by atoms with Gasteiger partial charge in [-0.05, 0) is 58.2 Å². The molecule has 2 aliphatic rings. The van der Waals surface area contributed by atoms with Crippen LogP contribution in [0.4, 0.5) is 0 Å². The Morgan fingerprint density at radius 2 is 1.84 bits per heavy atom. The summed E-state index contributed by atoms with van der Waals surface area (Å²) >= 11 is 0. The van der Waals surface area contributed by atoms with Crippen LogP contribution in [-0.2, 0) is 23.4 Å². The summed E-state index contributed by atoms with van der Waals surface area (Å²) in [5.41, 5.74) is -1.78. The van der Waals surface area contributed by atoms with Crippen LogP contribution in [-0.4, -0.2) is 50.9 Å². The molecule has 0 aromatic heterocycles. The van der Waals surface area contributed by atoms with Crippen LogP contribution in [0, 0.1) is 12.3 Å². The van der Waals surface area contributed by atoms with Crippen molar-refractivity contribution < 1.29 is 23.4 Å². The summed E-state index contributed by atoms with van der Waals surface area (Å²) in [5.74, 6) is 2.30. The van der Waals surface area contributed by atoms with Crippen molar-refractivity contribution in [2.24, 2.45) is 0 Å². The minimum atomic E-state index is -2.07. The summed E-state index contributed by atoms with van der Waals surface area (Å²) in [4.78, 5) is 0. The predicted molar refractivity (Wildman–Crippen MR) is 127 cm³/mol. The lowest BCUT2D eigenvalue weighted by atomic mass is 9.77. The molecular formula is C25H42O5Si. The Kier molecular flexibility index (Phi) is 8.77. The molecule has 0 spiro atoms. The van der Waals surface area contributed by atoms with Gasteiger partial charge in [0.2, 0.25) is 0 Å². The molecule has 2 heterocycles. The van der Waals surface area contributed by atoms with E-state index in [0.717, 1.165) is 24.6 Å². The fourth-order valence-electron chi connectivity index (χ4n) is 4.98. The van der Waals surface area contributed by atoms with Crippen LogP contribution < -0.4 is 0 Å². The molecule has 31 heavy (non-hydrogen) atoms. The van der Waals surface area contributed by atoms with Gasteiger partial charge in [0.15, 0.2) is 20.4 Å². The maximum atomic E-state index is 7.08. The molecule has 5 atom stereocenters. The number of hydrogen-bond acceptors (Lipinski definition) is 5. The van der Waals surface area contributed by atoms with Gasteiger partial charge in [0.25, 0.3) is 0 Å². The molecule has 5 nitrogen and oxygen atoms in total. The summed E-state index contributed by atoms with van der Waals surface area (Å²) in [7, 11) is -0.370. The SMILES string of the molecule is C#C[C@@](CCC=C)(O[Si](CC)(CC)CC)[C@@H]1O[C@@H]2OC(C)(C)O[C@@H]2[C@]1(C/C=C\C)OC. The molecule has 0 aromatic rings. The van der Waals surface area contributed by atoms with Crippen LogP contribution >= 0.6 is 0 Å². The van der Waals surface area contributed by atoms with Crippen LogP contribution in [0.1, 0.15) is 60.8 Å². The van der Waals surface area contributed by atoms with Gasteiger partial charge in [-0.1, -0.05) is 44.9 Å². The predicted octanol–water partition coefficient (Wildman–Crippen LogP) is 5.57. The lowest BCUT2D eigenvalue weighted by Crippen LogP contribution is -2.63. The molecule has 0 radical (unpaired) electrons. The first-order chi connectivity index (χ1) is 14.7. The summed E-state index contributed by atoms with van der Waals surface area (Å²) in [6.07, 6.45) is 12.7. The van der Waals surface area contributed by atoms with Crippen LogP contribution in [0.3, 0.4) is 0 Å². The molecule has 0 N–H and O–H groups in total. The first-order valence-corrected chi connectivity index (χ1v) is 14.2. The van der Waals surface area contributed by atoms with E-state index in [1.54, 1.807) is 7.11 Å². The molecule has 0 unspecified atom stereocenters. The van der Waals surface area contributed by atoms with E-state index in [9.17, 15) is 0 Å². The normalized spacial score (nSPS) is 32.0. The maximum absolute atomic E-state index is 7.08. The largest absolute Gasteiger partial charge is 0.399 e. The molecule has 0 aromatic carbocycles. The lowest BCUT2D eigenvalue weighted by molar-refractivity contribution is -0.252. The summed E-state index contributed by atoms with van der Waals surface area (Å²) in [6, 6.07) is 2.98. The zero-order chi connectivity index (χ0) is 23.3. The average Bonchev–Trinajstić information content (AvgIpc) is 3.24. The summed E-state index contributed by atoms with van der Waals surface area (Å²) in [6.45, 7) is 16.3. The molecule has 6 heteroatoms. The zero-order valence-electron chi connectivity index (χ0n) is 20.5. The number of ether oxygens (including phenoxy) is 4. The number of fused-ring (bicyclic) bond motifs is 1. The van der Waals surface area contributed by atoms with Crippen molar-refractivity contribution in [2.45, 2.75) is 114 Å². The molecule has 2 rings (SSSR count). The van der Waals surface area contributed by atoms with Crippen molar-refractivity contribution in [1.82, 2.24) is 0 Å². The van der Waals surface area contributed by atoms with E-state index in [2.05, 4.69) is 39.3 Å². The molecule has 176 valence electrons. The van der Waals surface area contributed by atoms with E-state index >= 15 is 0 Å². The van der Waals surface area contributed by atoms with Gasteiger partial charge in [0.05, 0.1) is 0 Å². The molecule has 2 saturated heterocycles. The first-order valence-electron chi connectivity index (χ1n) is 11.6. The first kappa shape index (κ1) is 26.3. The van der Waals surface area contributed by atoms with Crippen molar-refractivity contribution in [3.63, 3.8) is 0 Å². The highest BCUT2D eigenvalue weighted by atomic mass is 28.4. The third-order valence-electron chi connectivity index (χ3n) is 7.03. The van der Waals surface area contributed by atoms with E-state index in [4.69, 9.17) is 29.8 Å². The monoisotopic (exact) mass is 450 g/mol. The standard InChI is InChI=1S/C25H42O5Si/c1-10-16-18-24(12-3,30-31(13-4,14-5)15-6)22-25(26-9,19-17-11-2)20-21(27-22)29-23(7,8)28-20/h3,10-11,17,20-22H,1,13-16,18-19H2,2,4-9H3/b17-11-/t20-,21+,22-,24-,25-/m0/s1. The van der Waals surface area contributed by atoms with Gasteiger partial charge in [-0.15, -0.1) is 13.0 Å². The molecule has 0 amide bonds. The fraction of sp³-hybridized carbons (Fsp3) is 0.760. The van der Waals surface area contributed by atoms with Gasteiger partial charge in [-0.3, -0.25) is 0 Å². The topological polar surface area (TPSA) is 46.2 Å². The highest BCUT2D eigenvalue weighted by molar-refractivity contribution is 6.73. The summed E-state index contributed by atoms with van der Waals surface area (Å²) in [5, 5.41) is 0. The van der Waals surface area contributed by atoms with Gasteiger partial charge < -0.3 is 23.4 Å². The molecule has 2 fully saturated rings. The number of hydrogen-bond donors (Lipinski definition) is 0. The van der Waals surface area contributed by atoms with Gasteiger partial charge >= 0.3 is 0 Å². The molecule has 2 aliphatic heterocycles. The Morgan fingerprint density at radius 3 is 2.32 bits per heavy atom. The Labute approximate surface area is 190 Å². The maximum Gasteiger partial charge on any atom is 0.194 e. The van der Waals surface area contributed by atoms with Crippen molar-refractivity contribution in [3.05, 3.63) is 24.8 Å². The van der Waals surface area contributed by atoms with Crippen LogP contribution in [0.25, 0.3) is 0 Å². The number of terminal acetylenes is 1.